The minimum atomic E-state index is -0.00747. The lowest BCUT2D eigenvalue weighted by Gasteiger charge is -2.39. The SMILES string of the molecule is COc1ccc(CNCC[C@@H](c2ccccc2)[C@H]2CCOC(C)(C)C2)cc1. The van der Waals surface area contributed by atoms with Gasteiger partial charge in [-0.15, -0.1) is 0 Å². The van der Waals surface area contributed by atoms with Crippen molar-refractivity contribution in [2.24, 2.45) is 5.92 Å². The van der Waals surface area contributed by atoms with Gasteiger partial charge >= 0.3 is 0 Å². The molecule has 1 aliphatic rings. The summed E-state index contributed by atoms with van der Waals surface area (Å²) in [6.45, 7) is 7.24. The molecule has 1 saturated heterocycles. The Kier molecular flexibility index (Phi) is 6.92. The topological polar surface area (TPSA) is 30.5 Å². The number of benzene rings is 2. The van der Waals surface area contributed by atoms with Crippen molar-refractivity contribution in [2.75, 3.05) is 20.3 Å². The molecule has 1 aliphatic heterocycles. The highest BCUT2D eigenvalue weighted by Gasteiger charge is 2.33. The molecule has 0 aromatic heterocycles. The normalized spacial score (nSPS) is 20.2. The molecular weight excluding hydrogens is 334 g/mol. The van der Waals surface area contributed by atoms with Gasteiger partial charge in [-0.05, 0) is 74.8 Å². The Balaban J connectivity index is 1.58. The number of nitrogens with one attached hydrogen (secondary N) is 1. The van der Waals surface area contributed by atoms with E-state index in [0.717, 1.165) is 44.7 Å². The zero-order valence-electron chi connectivity index (χ0n) is 16.9. The van der Waals surface area contributed by atoms with Gasteiger partial charge in [0.25, 0.3) is 0 Å². The number of hydrogen-bond donors (Lipinski definition) is 1. The zero-order valence-corrected chi connectivity index (χ0v) is 16.9. The molecule has 1 heterocycles. The lowest BCUT2D eigenvalue weighted by molar-refractivity contribution is -0.0771. The van der Waals surface area contributed by atoms with Gasteiger partial charge in [0.1, 0.15) is 5.75 Å². The predicted octanol–water partition coefficient (Wildman–Crippen LogP) is 5.16. The van der Waals surface area contributed by atoms with Crippen LogP contribution in [0.1, 0.15) is 50.2 Å². The third kappa shape index (κ3) is 5.82. The Bertz CT molecular complexity index is 681. The summed E-state index contributed by atoms with van der Waals surface area (Å²) in [5, 5.41) is 3.63. The molecule has 27 heavy (non-hydrogen) atoms. The first-order valence-electron chi connectivity index (χ1n) is 10.1. The Morgan fingerprint density at radius 1 is 1.11 bits per heavy atom. The average Bonchev–Trinajstić information content (AvgIpc) is 2.68. The Labute approximate surface area is 164 Å². The van der Waals surface area contributed by atoms with E-state index < -0.39 is 0 Å². The fourth-order valence-electron chi connectivity index (χ4n) is 4.23. The van der Waals surface area contributed by atoms with Crippen molar-refractivity contribution < 1.29 is 9.47 Å². The van der Waals surface area contributed by atoms with E-state index in [9.17, 15) is 0 Å². The molecule has 1 N–H and O–H groups in total. The molecule has 2 aromatic rings. The molecule has 1 fully saturated rings. The van der Waals surface area contributed by atoms with Crippen LogP contribution in [-0.4, -0.2) is 25.9 Å². The van der Waals surface area contributed by atoms with Crippen molar-refractivity contribution >= 4 is 0 Å². The van der Waals surface area contributed by atoms with Crippen molar-refractivity contribution in [1.82, 2.24) is 5.32 Å². The molecule has 3 nitrogen and oxygen atoms in total. The maximum Gasteiger partial charge on any atom is 0.118 e. The lowest BCUT2D eigenvalue weighted by atomic mass is 9.75. The molecule has 146 valence electrons. The number of rotatable bonds is 8. The lowest BCUT2D eigenvalue weighted by Crippen LogP contribution is -2.36. The van der Waals surface area contributed by atoms with Crippen molar-refractivity contribution in [2.45, 2.75) is 51.2 Å². The van der Waals surface area contributed by atoms with E-state index in [-0.39, 0.29) is 5.60 Å². The molecule has 0 spiro atoms. The molecule has 0 saturated carbocycles. The smallest absolute Gasteiger partial charge is 0.118 e. The molecular formula is C24H33NO2. The van der Waals surface area contributed by atoms with Crippen molar-refractivity contribution in [1.29, 1.82) is 0 Å². The summed E-state index contributed by atoms with van der Waals surface area (Å²) in [4.78, 5) is 0. The first-order chi connectivity index (χ1) is 13.1. The van der Waals surface area contributed by atoms with Crippen LogP contribution in [0.3, 0.4) is 0 Å². The minimum Gasteiger partial charge on any atom is -0.497 e. The molecule has 3 heteroatoms. The maximum absolute atomic E-state index is 5.96. The molecule has 0 amide bonds. The third-order valence-corrected chi connectivity index (χ3v) is 5.65. The second kappa shape index (κ2) is 9.38. The summed E-state index contributed by atoms with van der Waals surface area (Å²) < 4.78 is 11.2. The predicted molar refractivity (Wildman–Crippen MR) is 111 cm³/mol. The summed E-state index contributed by atoms with van der Waals surface area (Å²) in [7, 11) is 1.70. The van der Waals surface area contributed by atoms with Crippen LogP contribution in [0.15, 0.2) is 54.6 Å². The van der Waals surface area contributed by atoms with Crippen LogP contribution in [-0.2, 0) is 11.3 Å². The quantitative estimate of drug-likeness (QED) is 0.654. The van der Waals surface area contributed by atoms with Gasteiger partial charge in [0.15, 0.2) is 0 Å². The van der Waals surface area contributed by atoms with Crippen LogP contribution in [0.25, 0.3) is 0 Å². The van der Waals surface area contributed by atoms with E-state index in [2.05, 4.69) is 61.6 Å². The standard InChI is InChI=1S/C24H33NO2/c1-24(2)17-21(14-16-27-24)23(20-7-5-4-6-8-20)13-15-25-18-19-9-11-22(26-3)12-10-19/h4-12,21,23,25H,13-18H2,1-3H3/t21-,23-/m0/s1. The van der Waals surface area contributed by atoms with Gasteiger partial charge < -0.3 is 14.8 Å². The van der Waals surface area contributed by atoms with Crippen LogP contribution in [0.5, 0.6) is 5.75 Å². The zero-order chi connectivity index (χ0) is 19.1. The molecule has 2 aromatic carbocycles. The van der Waals surface area contributed by atoms with Gasteiger partial charge in [-0.1, -0.05) is 42.5 Å². The summed E-state index contributed by atoms with van der Waals surface area (Å²) in [6, 6.07) is 19.3. The van der Waals surface area contributed by atoms with Crippen LogP contribution in [0, 0.1) is 5.92 Å². The van der Waals surface area contributed by atoms with Crippen molar-refractivity contribution in [3.05, 3.63) is 65.7 Å². The van der Waals surface area contributed by atoms with E-state index in [4.69, 9.17) is 9.47 Å². The van der Waals surface area contributed by atoms with E-state index in [1.807, 2.05) is 12.1 Å². The Morgan fingerprint density at radius 3 is 2.52 bits per heavy atom. The van der Waals surface area contributed by atoms with E-state index in [1.54, 1.807) is 7.11 Å². The third-order valence-electron chi connectivity index (χ3n) is 5.65. The monoisotopic (exact) mass is 367 g/mol. The molecule has 0 radical (unpaired) electrons. The maximum atomic E-state index is 5.96. The minimum absolute atomic E-state index is 0.00747. The molecule has 0 aliphatic carbocycles. The fraction of sp³-hybridized carbons (Fsp3) is 0.500. The largest absolute Gasteiger partial charge is 0.497 e. The van der Waals surface area contributed by atoms with Gasteiger partial charge in [0.05, 0.1) is 12.7 Å². The molecule has 0 unspecified atom stereocenters. The summed E-state index contributed by atoms with van der Waals surface area (Å²) in [6.07, 6.45) is 3.44. The van der Waals surface area contributed by atoms with Crippen molar-refractivity contribution in [3.8, 4) is 5.75 Å². The van der Waals surface area contributed by atoms with Gasteiger partial charge in [-0.2, -0.15) is 0 Å². The fourth-order valence-corrected chi connectivity index (χ4v) is 4.23. The number of ether oxygens (including phenoxy) is 2. The average molecular weight is 368 g/mol. The first kappa shape index (κ1) is 19.9. The first-order valence-corrected chi connectivity index (χ1v) is 10.1. The summed E-state index contributed by atoms with van der Waals surface area (Å²) in [5.74, 6) is 2.17. The molecule has 0 bridgehead atoms. The van der Waals surface area contributed by atoms with Crippen LogP contribution < -0.4 is 10.1 Å². The molecule has 3 rings (SSSR count). The van der Waals surface area contributed by atoms with Crippen molar-refractivity contribution in [3.63, 3.8) is 0 Å². The summed E-state index contributed by atoms with van der Waals surface area (Å²) >= 11 is 0. The van der Waals surface area contributed by atoms with Gasteiger partial charge in [-0.3, -0.25) is 0 Å². The van der Waals surface area contributed by atoms with Gasteiger partial charge in [-0.25, -0.2) is 0 Å². The molecule has 2 atom stereocenters. The van der Waals surface area contributed by atoms with Crippen LogP contribution in [0.4, 0.5) is 0 Å². The number of methoxy groups -OCH3 is 1. The van der Waals surface area contributed by atoms with Crippen LogP contribution in [0.2, 0.25) is 0 Å². The van der Waals surface area contributed by atoms with E-state index >= 15 is 0 Å². The highest BCUT2D eigenvalue weighted by atomic mass is 16.5. The Hall–Kier alpha value is -1.84. The summed E-state index contributed by atoms with van der Waals surface area (Å²) in [5.41, 5.74) is 2.75. The van der Waals surface area contributed by atoms with E-state index in [1.165, 1.54) is 11.1 Å². The van der Waals surface area contributed by atoms with Gasteiger partial charge in [0, 0.05) is 13.2 Å². The highest BCUT2D eigenvalue weighted by molar-refractivity contribution is 5.27. The van der Waals surface area contributed by atoms with E-state index in [0.29, 0.717) is 11.8 Å². The number of hydrogen-bond acceptors (Lipinski definition) is 3. The second-order valence-corrected chi connectivity index (χ2v) is 8.19. The Morgan fingerprint density at radius 2 is 1.85 bits per heavy atom. The highest BCUT2D eigenvalue weighted by Crippen LogP contribution is 2.39. The second-order valence-electron chi connectivity index (χ2n) is 8.19. The van der Waals surface area contributed by atoms with Gasteiger partial charge in [0.2, 0.25) is 0 Å². The van der Waals surface area contributed by atoms with Crippen LogP contribution >= 0.6 is 0 Å².